The molecule has 1 unspecified atom stereocenters. The van der Waals surface area contributed by atoms with E-state index >= 15 is 0 Å². The smallest absolute Gasteiger partial charge is 0.249 e. The predicted molar refractivity (Wildman–Crippen MR) is 98.1 cm³/mol. The van der Waals surface area contributed by atoms with Crippen molar-refractivity contribution in [1.29, 1.82) is 0 Å². The van der Waals surface area contributed by atoms with E-state index in [0.717, 1.165) is 11.1 Å². The van der Waals surface area contributed by atoms with Gasteiger partial charge < -0.3 is 9.42 Å². The Morgan fingerprint density at radius 2 is 2.00 bits per heavy atom. The van der Waals surface area contributed by atoms with Crippen LogP contribution in [0.25, 0.3) is 11.4 Å². The highest BCUT2D eigenvalue weighted by atomic mass is 19.1. The number of aromatic nitrogens is 2. The largest absolute Gasteiger partial charge is 0.337 e. The monoisotopic (exact) mass is 365 g/mol. The minimum Gasteiger partial charge on any atom is -0.337 e. The molecule has 1 aromatic heterocycles. The molecule has 0 saturated carbocycles. The van der Waals surface area contributed by atoms with E-state index in [4.69, 9.17) is 4.52 Å². The summed E-state index contributed by atoms with van der Waals surface area (Å²) in [7, 11) is 0. The lowest BCUT2D eigenvalue weighted by molar-refractivity contribution is -0.130. The molecule has 0 aliphatic carbocycles. The van der Waals surface area contributed by atoms with E-state index in [9.17, 15) is 9.18 Å². The van der Waals surface area contributed by atoms with Gasteiger partial charge in [-0.2, -0.15) is 4.98 Å². The van der Waals surface area contributed by atoms with Crippen LogP contribution in [0, 0.1) is 19.7 Å². The second-order valence-electron chi connectivity index (χ2n) is 6.92. The number of hydrogen-bond acceptors (Lipinski definition) is 4. The highest BCUT2D eigenvalue weighted by Crippen LogP contribution is 2.34. The summed E-state index contributed by atoms with van der Waals surface area (Å²) in [5.74, 6) is 0.537. The summed E-state index contributed by atoms with van der Waals surface area (Å²) in [6.07, 6.45) is 0.975. The van der Waals surface area contributed by atoms with Crippen molar-refractivity contribution < 1.29 is 13.7 Å². The van der Waals surface area contributed by atoms with Crippen LogP contribution in [0.4, 0.5) is 4.39 Å². The molecule has 0 bridgehead atoms. The highest BCUT2D eigenvalue weighted by Gasteiger charge is 2.36. The van der Waals surface area contributed by atoms with Gasteiger partial charge in [0.1, 0.15) is 11.9 Å². The number of halogens is 1. The van der Waals surface area contributed by atoms with Gasteiger partial charge in [0.25, 0.3) is 0 Å². The Morgan fingerprint density at radius 1 is 1.19 bits per heavy atom. The Bertz CT molecular complexity index is 999. The Balaban J connectivity index is 1.60. The minimum atomic E-state index is -0.329. The van der Waals surface area contributed by atoms with Gasteiger partial charge in [-0.05, 0) is 43.5 Å². The van der Waals surface area contributed by atoms with Crippen molar-refractivity contribution in [3.05, 3.63) is 70.9 Å². The average Bonchev–Trinajstić information content (AvgIpc) is 3.27. The van der Waals surface area contributed by atoms with Crippen molar-refractivity contribution in [2.45, 2.75) is 39.3 Å². The van der Waals surface area contributed by atoms with Crippen LogP contribution in [0.3, 0.4) is 0 Å². The van der Waals surface area contributed by atoms with E-state index in [2.05, 4.69) is 10.1 Å². The number of carbonyl (C=O) groups excluding carboxylic acids is 1. The minimum absolute atomic E-state index is 0.0332. The number of carbonyl (C=O) groups is 1. The zero-order valence-corrected chi connectivity index (χ0v) is 15.3. The van der Waals surface area contributed by atoms with Crippen LogP contribution in [0.2, 0.25) is 0 Å². The van der Waals surface area contributed by atoms with Crippen molar-refractivity contribution in [3.8, 4) is 11.4 Å². The van der Waals surface area contributed by atoms with E-state index in [1.165, 1.54) is 11.6 Å². The predicted octanol–water partition coefficient (Wildman–Crippen LogP) is 4.36. The maximum absolute atomic E-state index is 14.0. The van der Waals surface area contributed by atoms with E-state index in [-0.39, 0.29) is 24.3 Å². The van der Waals surface area contributed by atoms with Crippen molar-refractivity contribution >= 4 is 5.91 Å². The molecule has 0 radical (unpaired) electrons. The third-order valence-corrected chi connectivity index (χ3v) is 5.12. The molecule has 1 aliphatic heterocycles. The number of benzene rings is 2. The van der Waals surface area contributed by atoms with Gasteiger partial charge in [0.05, 0.1) is 0 Å². The summed E-state index contributed by atoms with van der Waals surface area (Å²) in [5.41, 5.74) is 3.70. The van der Waals surface area contributed by atoms with E-state index < -0.39 is 0 Å². The summed E-state index contributed by atoms with van der Waals surface area (Å²) in [6, 6.07) is 12.1. The van der Waals surface area contributed by atoms with E-state index in [1.54, 1.807) is 23.1 Å². The zero-order chi connectivity index (χ0) is 19.0. The molecule has 27 heavy (non-hydrogen) atoms. The fourth-order valence-electron chi connectivity index (χ4n) is 3.37. The zero-order valence-electron chi connectivity index (χ0n) is 15.3. The van der Waals surface area contributed by atoms with Crippen LogP contribution in [0.5, 0.6) is 0 Å². The first-order chi connectivity index (χ1) is 13.0. The molecule has 2 heterocycles. The molecule has 5 nitrogen and oxygen atoms in total. The number of rotatable bonds is 4. The highest BCUT2D eigenvalue weighted by molar-refractivity contribution is 5.78. The fourth-order valence-corrected chi connectivity index (χ4v) is 3.37. The number of amides is 1. The maximum Gasteiger partial charge on any atom is 0.249 e. The topological polar surface area (TPSA) is 59.2 Å². The number of hydrogen-bond donors (Lipinski definition) is 0. The maximum atomic E-state index is 14.0. The average molecular weight is 365 g/mol. The van der Waals surface area contributed by atoms with Crippen LogP contribution in [-0.2, 0) is 11.3 Å². The molecule has 0 spiro atoms. The van der Waals surface area contributed by atoms with Gasteiger partial charge in [0, 0.05) is 24.1 Å². The van der Waals surface area contributed by atoms with Gasteiger partial charge in [0.15, 0.2) is 0 Å². The normalized spacial score (nSPS) is 16.9. The Morgan fingerprint density at radius 3 is 2.78 bits per heavy atom. The van der Waals surface area contributed by atoms with Crippen LogP contribution in [0.15, 0.2) is 47.0 Å². The molecule has 6 heteroatoms. The van der Waals surface area contributed by atoms with Crippen molar-refractivity contribution in [2.75, 3.05) is 0 Å². The molecule has 1 amide bonds. The molecule has 1 aliphatic rings. The van der Waals surface area contributed by atoms with Crippen LogP contribution >= 0.6 is 0 Å². The van der Waals surface area contributed by atoms with Gasteiger partial charge in [-0.1, -0.05) is 35.5 Å². The number of nitrogens with zero attached hydrogens (tertiary/aromatic N) is 3. The molecular weight excluding hydrogens is 345 g/mol. The summed E-state index contributed by atoms with van der Waals surface area (Å²) in [4.78, 5) is 18.5. The van der Waals surface area contributed by atoms with Crippen molar-refractivity contribution in [2.24, 2.45) is 0 Å². The molecular formula is C21H20FN3O2. The second-order valence-corrected chi connectivity index (χ2v) is 6.92. The molecule has 2 aromatic carbocycles. The van der Waals surface area contributed by atoms with E-state index in [0.29, 0.717) is 30.1 Å². The Hall–Kier alpha value is -3.02. The molecule has 1 saturated heterocycles. The summed E-state index contributed by atoms with van der Waals surface area (Å²) < 4.78 is 19.5. The Kier molecular flexibility index (Phi) is 4.48. The lowest BCUT2D eigenvalue weighted by atomic mass is 10.1. The number of aryl methyl sites for hydroxylation is 2. The van der Waals surface area contributed by atoms with Gasteiger partial charge in [-0.25, -0.2) is 4.39 Å². The summed E-state index contributed by atoms with van der Waals surface area (Å²) in [6.45, 7) is 4.27. The molecule has 138 valence electrons. The summed E-state index contributed by atoms with van der Waals surface area (Å²) in [5, 5.41) is 4.09. The van der Waals surface area contributed by atoms with Gasteiger partial charge in [0.2, 0.25) is 17.6 Å². The quantitative estimate of drug-likeness (QED) is 0.689. The third kappa shape index (κ3) is 3.35. The fraction of sp³-hybridized carbons (Fsp3) is 0.286. The van der Waals surface area contributed by atoms with Crippen LogP contribution < -0.4 is 0 Å². The first kappa shape index (κ1) is 17.4. The molecule has 0 N–H and O–H groups in total. The Labute approximate surface area is 156 Å². The van der Waals surface area contributed by atoms with Gasteiger partial charge in [-0.15, -0.1) is 0 Å². The summed E-state index contributed by atoms with van der Waals surface area (Å²) >= 11 is 0. The third-order valence-electron chi connectivity index (χ3n) is 5.12. The van der Waals surface area contributed by atoms with Gasteiger partial charge >= 0.3 is 0 Å². The lowest BCUT2D eigenvalue weighted by Gasteiger charge is -2.22. The standard InChI is InChI=1S/C21H20FN3O2/c1-13-7-8-15(11-14(13)2)20-23-21(27-24-20)18-9-10-19(26)25(18)12-16-5-3-4-6-17(16)22/h3-8,11,18H,9-10,12H2,1-2H3. The lowest BCUT2D eigenvalue weighted by Crippen LogP contribution is -2.27. The SMILES string of the molecule is Cc1ccc(-c2noc(C3CCC(=O)N3Cc3ccccc3F)n2)cc1C. The molecule has 1 fully saturated rings. The van der Waals surface area contributed by atoms with Crippen LogP contribution in [0.1, 0.15) is 41.5 Å². The van der Waals surface area contributed by atoms with Crippen molar-refractivity contribution in [1.82, 2.24) is 15.0 Å². The molecule has 1 atom stereocenters. The van der Waals surface area contributed by atoms with Crippen molar-refractivity contribution in [3.63, 3.8) is 0 Å². The first-order valence-corrected chi connectivity index (χ1v) is 8.97. The van der Waals surface area contributed by atoms with Crippen LogP contribution in [-0.4, -0.2) is 20.9 Å². The first-order valence-electron chi connectivity index (χ1n) is 8.97. The second kappa shape index (κ2) is 6.95. The molecule has 4 rings (SSSR count). The van der Waals surface area contributed by atoms with Gasteiger partial charge in [-0.3, -0.25) is 4.79 Å². The number of likely N-dealkylation sites (tertiary alicyclic amines) is 1. The van der Waals surface area contributed by atoms with E-state index in [1.807, 2.05) is 32.0 Å². The molecule has 3 aromatic rings.